The van der Waals surface area contributed by atoms with E-state index in [4.69, 9.17) is 5.11 Å². The van der Waals surface area contributed by atoms with Crippen LogP contribution in [0.3, 0.4) is 0 Å². The maximum absolute atomic E-state index is 11.1. The molecule has 0 saturated carbocycles. The molecule has 0 aromatic carbocycles. The van der Waals surface area contributed by atoms with E-state index < -0.39 is 5.97 Å². The first-order valence-corrected chi connectivity index (χ1v) is 7.76. The van der Waals surface area contributed by atoms with Gasteiger partial charge in [-0.2, -0.15) is 0 Å². The summed E-state index contributed by atoms with van der Waals surface area (Å²) in [7, 11) is 1.96. The molecule has 0 atom stereocenters. The van der Waals surface area contributed by atoms with Gasteiger partial charge >= 0.3 is 5.97 Å². The van der Waals surface area contributed by atoms with Crippen LogP contribution in [0.2, 0.25) is 0 Å². The number of hydrogen-bond donors (Lipinski definition) is 2. The Morgan fingerprint density at radius 3 is 2.77 bits per heavy atom. The van der Waals surface area contributed by atoms with Crippen molar-refractivity contribution in [3.8, 4) is 10.6 Å². The molecule has 7 heteroatoms. The molecule has 0 bridgehead atoms. The summed E-state index contributed by atoms with van der Waals surface area (Å²) in [5.41, 5.74) is 1.91. The Labute approximate surface area is 131 Å². The van der Waals surface area contributed by atoms with Gasteiger partial charge in [0.1, 0.15) is 16.9 Å². The Morgan fingerprint density at radius 2 is 2.18 bits per heavy atom. The third-order valence-electron chi connectivity index (χ3n) is 3.53. The monoisotopic (exact) mass is 316 g/mol. The lowest BCUT2D eigenvalue weighted by Crippen LogP contribution is -2.27. The number of carboxylic acid groups (broad SMARTS) is 1. The van der Waals surface area contributed by atoms with Crippen molar-refractivity contribution in [2.24, 2.45) is 0 Å². The van der Waals surface area contributed by atoms with E-state index in [0.29, 0.717) is 11.2 Å². The zero-order chi connectivity index (χ0) is 15.9. The number of H-pyrrole nitrogens is 1. The molecule has 0 spiro atoms. The van der Waals surface area contributed by atoms with Gasteiger partial charge in [0.2, 0.25) is 0 Å². The van der Waals surface area contributed by atoms with E-state index in [1.165, 1.54) is 6.07 Å². The number of nitrogens with one attached hydrogen (secondary N) is 1. The molecule has 0 saturated heterocycles. The van der Waals surface area contributed by atoms with Crippen LogP contribution in [0.4, 0.5) is 5.82 Å². The quantitative estimate of drug-likeness (QED) is 0.772. The van der Waals surface area contributed by atoms with Crippen molar-refractivity contribution < 1.29 is 9.90 Å². The average molecular weight is 316 g/mol. The van der Waals surface area contributed by atoms with Gasteiger partial charge in [-0.15, -0.1) is 11.3 Å². The van der Waals surface area contributed by atoms with Crippen LogP contribution in [-0.2, 0) is 0 Å². The van der Waals surface area contributed by atoms with Gasteiger partial charge < -0.3 is 15.0 Å². The molecular weight excluding hydrogens is 300 g/mol. The highest BCUT2D eigenvalue weighted by Gasteiger charge is 2.19. The fourth-order valence-corrected chi connectivity index (χ4v) is 2.83. The predicted molar refractivity (Wildman–Crippen MR) is 87.7 cm³/mol. The highest BCUT2D eigenvalue weighted by molar-refractivity contribution is 7.13. The van der Waals surface area contributed by atoms with Crippen molar-refractivity contribution in [2.45, 2.75) is 19.9 Å². The van der Waals surface area contributed by atoms with Crippen molar-refractivity contribution in [3.05, 3.63) is 29.3 Å². The maximum Gasteiger partial charge on any atom is 0.352 e. The van der Waals surface area contributed by atoms with E-state index in [0.717, 1.165) is 16.4 Å². The zero-order valence-electron chi connectivity index (χ0n) is 12.5. The maximum atomic E-state index is 11.1. The second-order valence-electron chi connectivity index (χ2n) is 5.30. The van der Waals surface area contributed by atoms with Gasteiger partial charge in [0.15, 0.2) is 11.5 Å². The topological polar surface area (TPSA) is 82.1 Å². The molecule has 0 aliphatic rings. The molecule has 2 N–H and O–H groups in total. The molecule has 0 amide bonds. The summed E-state index contributed by atoms with van der Waals surface area (Å²) in [5, 5.41) is 11.1. The molecule has 114 valence electrons. The molecule has 3 heterocycles. The van der Waals surface area contributed by atoms with E-state index in [1.807, 2.05) is 29.5 Å². The Kier molecular flexibility index (Phi) is 3.58. The van der Waals surface area contributed by atoms with Gasteiger partial charge in [0.05, 0.1) is 4.88 Å². The Morgan fingerprint density at radius 1 is 1.41 bits per heavy atom. The first-order valence-electron chi connectivity index (χ1n) is 6.88. The Balaban J connectivity index is 2.25. The van der Waals surface area contributed by atoms with Gasteiger partial charge in [-0.3, -0.25) is 0 Å². The van der Waals surface area contributed by atoms with E-state index in [9.17, 15) is 4.79 Å². The molecule has 3 aromatic heterocycles. The van der Waals surface area contributed by atoms with Crippen LogP contribution >= 0.6 is 11.3 Å². The van der Waals surface area contributed by atoms with Gasteiger partial charge in [0, 0.05) is 13.1 Å². The second-order valence-corrected chi connectivity index (χ2v) is 6.25. The summed E-state index contributed by atoms with van der Waals surface area (Å²) in [6, 6.07) is 5.72. The smallest absolute Gasteiger partial charge is 0.352 e. The minimum Gasteiger partial charge on any atom is -0.477 e. The molecule has 3 aromatic rings. The van der Waals surface area contributed by atoms with Crippen LogP contribution in [0.25, 0.3) is 21.7 Å². The van der Waals surface area contributed by atoms with Crippen molar-refractivity contribution >= 4 is 34.3 Å². The molecule has 0 aliphatic heterocycles. The minimum atomic E-state index is -1.02. The molecule has 22 heavy (non-hydrogen) atoms. The van der Waals surface area contributed by atoms with Crippen LogP contribution in [0, 0.1) is 0 Å². The van der Waals surface area contributed by atoms with Crippen molar-refractivity contribution in [1.82, 2.24) is 15.0 Å². The lowest BCUT2D eigenvalue weighted by atomic mass is 10.2. The lowest BCUT2D eigenvalue weighted by molar-refractivity contribution is 0.0691. The normalized spacial score (nSPS) is 11.3. The number of hydrogen-bond acceptors (Lipinski definition) is 5. The molecule has 0 fully saturated rings. The number of thiophene rings is 1. The van der Waals surface area contributed by atoms with Crippen LogP contribution in [0.5, 0.6) is 0 Å². The molecular formula is C15H16N4O2S. The van der Waals surface area contributed by atoms with Crippen LogP contribution in [0.1, 0.15) is 24.3 Å². The van der Waals surface area contributed by atoms with Crippen LogP contribution in [-0.4, -0.2) is 39.1 Å². The van der Waals surface area contributed by atoms with Crippen LogP contribution < -0.4 is 4.90 Å². The van der Waals surface area contributed by atoms with E-state index >= 15 is 0 Å². The van der Waals surface area contributed by atoms with E-state index in [-0.39, 0.29) is 11.7 Å². The first kappa shape index (κ1) is 14.5. The van der Waals surface area contributed by atoms with Crippen molar-refractivity contribution in [3.63, 3.8) is 0 Å². The SMILES string of the molecule is CC(C)N(C)c1nc2[nH]c(C(=O)O)cc2nc1-c1cccs1. The summed E-state index contributed by atoms with van der Waals surface area (Å²) >= 11 is 1.59. The number of anilines is 1. The number of nitrogens with zero attached hydrogens (tertiary/aromatic N) is 3. The van der Waals surface area contributed by atoms with Crippen molar-refractivity contribution in [1.29, 1.82) is 0 Å². The average Bonchev–Trinajstić information content (AvgIpc) is 3.13. The second kappa shape index (κ2) is 5.42. The zero-order valence-corrected chi connectivity index (χ0v) is 13.3. The number of carboxylic acids is 1. The number of rotatable bonds is 4. The summed E-state index contributed by atoms with van der Waals surface area (Å²) in [6.07, 6.45) is 0. The summed E-state index contributed by atoms with van der Waals surface area (Å²) < 4.78 is 0. The lowest BCUT2D eigenvalue weighted by Gasteiger charge is -2.24. The molecule has 3 rings (SSSR count). The molecule has 0 radical (unpaired) electrons. The van der Waals surface area contributed by atoms with Gasteiger partial charge in [-0.05, 0) is 31.4 Å². The van der Waals surface area contributed by atoms with E-state index in [2.05, 4.69) is 28.8 Å². The summed E-state index contributed by atoms with van der Waals surface area (Å²) in [4.78, 5) is 26.2. The third kappa shape index (κ3) is 2.43. The molecule has 0 unspecified atom stereocenters. The fourth-order valence-electron chi connectivity index (χ4n) is 2.12. The number of aromatic amines is 1. The number of aromatic carboxylic acids is 1. The van der Waals surface area contributed by atoms with Gasteiger partial charge in [-0.25, -0.2) is 14.8 Å². The number of carbonyl (C=O) groups is 1. The highest BCUT2D eigenvalue weighted by Crippen LogP contribution is 2.32. The standard InChI is InChI=1S/C15H16N4O2S/c1-8(2)19(3)14-12(11-5-4-6-22-11)16-9-7-10(15(20)21)17-13(9)18-14/h4-8H,1-3H3,(H,17,18)(H,20,21). The first-order chi connectivity index (χ1) is 10.5. The fraction of sp³-hybridized carbons (Fsp3) is 0.267. The van der Waals surface area contributed by atoms with Gasteiger partial charge in [0.25, 0.3) is 0 Å². The van der Waals surface area contributed by atoms with Gasteiger partial charge in [-0.1, -0.05) is 6.07 Å². The van der Waals surface area contributed by atoms with Crippen LogP contribution in [0.15, 0.2) is 23.6 Å². The number of aromatic nitrogens is 3. The minimum absolute atomic E-state index is 0.0940. The molecule has 0 aliphatic carbocycles. The van der Waals surface area contributed by atoms with E-state index in [1.54, 1.807) is 11.3 Å². The van der Waals surface area contributed by atoms with Crippen molar-refractivity contribution in [2.75, 3.05) is 11.9 Å². The summed E-state index contributed by atoms with van der Waals surface area (Å²) in [5.74, 6) is -0.278. The summed E-state index contributed by atoms with van der Waals surface area (Å²) in [6.45, 7) is 4.14. The highest BCUT2D eigenvalue weighted by atomic mass is 32.1. The largest absolute Gasteiger partial charge is 0.477 e. The number of fused-ring (bicyclic) bond motifs is 1. The Bertz CT molecular complexity index is 824. The molecule has 6 nitrogen and oxygen atoms in total. The predicted octanol–water partition coefficient (Wildman–Crippen LogP) is 3.23. The Hall–Kier alpha value is -2.41. The third-order valence-corrected chi connectivity index (χ3v) is 4.41.